The minimum Gasteiger partial charge on any atom is -0.335 e. The second-order valence-electron chi connectivity index (χ2n) is 5.44. The van der Waals surface area contributed by atoms with Crippen LogP contribution in [0.3, 0.4) is 0 Å². The minimum atomic E-state index is -0.391. The van der Waals surface area contributed by atoms with Gasteiger partial charge in [0.2, 0.25) is 11.8 Å². The average Bonchev–Trinajstić information content (AvgIpc) is 3.08. The van der Waals surface area contributed by atoms with Crippen LogP contribution in [0.1, 0.15) is 25.5 Å². The van der Waals surface area contributed by atoms with Gasteiger partial charge in [0, 0.05) is 25.1 Å². The van der Waals surface area contributed by atoms with Crippen LogP contribution < -0.4 is 5.32 Å². The fraction of sp³-hybridized carbons (Fsp3) is 0.353. The van der Waals surface area contributed by atoms with E-state index in [0.717, 1.165) is 17.7 Å². The predicted octanol–water partition coefficient (Wildman–Crippen LogP) is 2.10. The zero-order valence-corrected chi connectivity index (χ0v) is 13.7. The molecular formula is C17H22N4O2. The van der Waals surface area contributed by atoms with E-state index < -0.39 is 6.04 Å². The molecule has 1 heterocycles. The zero-order chi connectivity index (χ0) is 16.8. The molecule has 0 spiro atoms. The summed E-state index contributed by atoms with van der Waals surface area (Å²) in [6, 6.07) is 7.28. The molecule has 1 aromatic carbocycles. The number of imidazole rings is 1. The summed E-state index contributed by atoms with van der Waals surface area (Å²) in [6.45, 7) is 3.83. The Kier molecular flexibility index (Phi) is 5.51. The van der Waals surface area contributed by atoms with Crippen molar-refractivity contribution in [2.45, 2.75) is 26.3 Å². The summed E-state index contributed by atoms with van der Waals surface area (Å²) in [6.07, 6.45) is 5.78. The SMILES string of the molecule is CCc1ccccc1NC(=O)CN(C)C(=O)C(C)n1ccnc1. The number of amides is 2. The van der Waals surface area contributed by atoms with Crippen molar-refractivity contribution in [3.05, 3.63) is 48.5 Å². The van der Waals surface area contributed by atoms with Crippen LogP contribution in [-0.2, 0) is 16.0 Å². The molecule has 0 aliphatic rings. The Bertz CT molecular complexity index is 667. The van der Waals surface area contributed by atoms with Gasteiger partial charge in [-0.1, -0.05) is 25.1 Å². The molecule has 0 aliphatic carbocycles. The van der Waals surface area contributed by atoms with E-state index in [1.165, 1.54) is 4.90 Å². The van der Waals surface area contributed by atoms with Crippen LogP contribution >= 0.6 is 0 Å². The molecule has 0 aliphatic heterocycles. The molecule has 0 saturated heterocycles. The van der Waals surface area contributed by atoms with Crippen LogP contribution in [0.5, 0.6) is 0 Å². The monoisotopic (exact) mass is 314 g/mol. The van der Waals surface area contributed by atoms with Crippen molar-refractivity contribution < 1.29 is 9.59 Å². The van der Waals surface area contributed by atoms with E-state index in [-0.39, 0.29) is 18.4 Å². The molecule has 2 rings (SSSR count). The zero-order valence-electron chi connectivity index (χ0n) is 13.7. The number of hydrogen-bond acceptors (Lipinski definition) is 3. The van der Waals surface area contributed by atoms with Gasteiger partial charge in [-0.3, -0.25) is 9.59 Å². The molecule has 23 heavy (non-hydrogen) atoms. The molecule has 0 fully saturated rings. The van der Waals surface area contributed by atoms with Crippen molar-refractivity contribution in [3.8, 4) is 0 Å². The fourth-order valence-electron chi connectivity index (χ4n) is 2.38. The summed E-state index contributed by atoms with van der Waals surface area (Å²) >= 11 is 0. The van der Waals surface area contributed by atoms with Crippen LogP contribution in [0.15, 0.2) is 43.0 Å². The first kappa shape index (κ1) is 16.7. The minimum absolute atomic E-state index is 0.00984. The second-order valence-corrected chi connectivity index (χ2v) is 5.44. The van der Waals surface area contributed by atoms with E-state index in [9.17, 15) is 9.59 Å². The standard InChI is InChI=1S/C17H22N4O2/c1-4-14-7-5-6-8-15(14)19-16(22)11-20(3)17(23)13(2)21-10-9-18-12-21/h5-10,12-13H,4,11H2,1-3H3,(H,19,22). The highest BCUT2D eigenvalue weighted by molar-refractivity contribution is 5.95. The smallest absolute Gasteiger partial charge is 0.245 e. The third-order valence-corrected chi connectivity index (χ3v) is 3.76. The molecule has 0 bridgehead atoms. The van der Waals surface area contributed by atoms with Crippen molar-refractivity contribution in [2.24, 2.45) is 0 Å². The molecule has 2 amide bonds. The Morgan fingerprint density at radius 3 is 2.74 bits per heavy atom. The van der Waals surface area contributed by atoms with Crippen molar-refractivity contribution in [1.82, 2.24) is 14.5 Å². The maximum Gasteiger partial charge on any atom is 0.245 e. The third-order valence-electron chi connectivity index (χ3n) is 3.76. The number of hydrogen-bond donors (Lipinski definition) is 1. The summed E-state index contributed by atoms with van der Waals surface area (Å²) in [4.78, 5) is 29.9. The number of likely N-dealkylation sites (N-methyl/N-ethyl adjacent to an activating group) is 1. The Morgan fingerprint density at radius 1 is 1.35 bits per heavy atom. The summed E-state index contributed by atoms with van der Waals surface area (Å²) < 4.78 is 1.71. The third kappa shape index (κ3) is 4.18. The quantitative estimate of drug-likeness (QED) is 0.888. The number of aromatic nitrogens is 2. The number of rotatable bonds is 6. The molecule has 2 aromatic rings. The van der Waals surface area contributed by atoms with Crippen molar-refractivity contribution in [2.75, 3.05) is 18.9 Å². The number of anilines is 1. The average molecular weight is 314 g/mol. The van der Waals surface area contributed by atoms with E-state index in [0.29, 0.717) is 0 Å². The first-order chi connectivity index (χ1) is 11.0. The van der Waals surface area contributed by atoms with Gasteiger partial charge in [-0.25, -0.2) is 4.98 Å². The number of nitrogens with one attached hydrogen (secondary N) is 1. The molecule has 1 aromatic heterocycles. The maximum absolute atomic E-state index is 12.3. The summed E-state index contributed by atoms with van der Waals surface area (Å²) in [5, 5.41) is 2.87. The van der Waals surface area contributed by atoms with Crippen molar-refractivity contribution >= 4 is 17.5 Å². The van der Waals surface area contributed by atoms with Gasteiger partial charge >= 0.3 is 0 Å². The number of carbonyl (C=O) groups excluding carboxylic acids is 2. The Labute approximate surface area is 136 Å². The van der Waals surface area contributed by atoms with Crippen LogP contribution in [0.2, 0.25) is 0 Å². The highest BCUT2D eigenvalue weighted by Gasteiger charge is 2.20. The number of benzene rings is 1. The number of aryl methyl sites for hydroxylation is 1. The molecule has 0 saturated carbocycles. The number of carbonyl (C=O) groups is 2. The lowest BCUT2D eigenvalue weighted by Gasteiger charge is -2.22. The van der Waals surface area contributed by atoms with Gasteiger partial charge in [0.15, 0.2) is 0 Å². The first-order valence-corrected chi connectivity index (χ1v) is 7.63. The van der Waals surface area contributed by atoms with Crippen molar-refractivity contribution in [1.29, 1.82) is 0 Å². The molecule has 0 radical (unpaired) electrons. The van der Waals surface area contributed by atoms with Gasteiger partial charge in [-0.2, -0.15) is 0 Å². The van der Waals surface area contributed by atoms with E-state index in [1.54, 1.807) is 37.3 Å². The Hall–Kier alpha value is -2.63. The molecule has 6 nitrogen and oxygen atoms in total. The maximum atomic E-state index is 12.3. The van der Waals surface area contributed by atoms with Gasteiger partial charge < -0.3 is 14.8 Å². The first-order valence-electron chi connectivity index (χ1n) is 7.63. The van der Waals surface area contributed by atoms with Gasteiger partial charge in [0.1, 0.15) is 6.04 Å². The molecular weight excluding hydrogens is 292 g/mol. The van der Waals surface area contributed by atoms with Crippen LogP contribution in [-0.4, -0.2) is 39.9 Å². The highest BCUT2D eigenvalue weighted by Crippen LogP contribution is 2.15. The fourth-order valence-corrected chi connectivity index (χ4v) is 2.38. The molecule has 1 atom stereocenters. The molecule has 1 unspecified atom stereocenters. The predicted molar refractivity (Wildman–Crippen MR) is 89.0 cm³/mol. The highest BCUT2D eigenvalue weighted by atomic mass is 16.2. The van der Waals surface area contributed by atoms with E-state index in [2.05, 4.69) is 10.3 Å². The van der Waals surface area contributed by atoms with E-state index in [4.69, 9.17) is 0 Å². The summed E-state index contributed by atoms with van der Waals surface area (Å²) in [7, 11) is 1.63. The topological polar surface area (TPSA) is 67.2 Å². The summed E-state index contributed by atoms with van der Waals surface area (Å²) in [5.74, 6) is -0.346. The van der Waals surface area contributed by atoms with Gasteiger partial charge in [0.05, 0.1) is 12.9 Å². The number of nitrogens with zero attached hydrogens (tertiary/aromatic N) is 3. The number of para-hydroxylation sites is 1. The Morgan fingerprint density at radius 2 is 2.09 bits per heavy atom. The van der Waals surface area contributed by atoms with E-state index in [1.807, 2.05) is 31.2 Å². The second kappa shape index (κ2) is 7.58. The van der Waals surface area contributed by atoms with Crippen LogP contribution in [0, 0.1) is 0 Å². The molecule has 6 heteroatoms. The van der Waals surface area contributed by atoms with E-state index >= 15 is 0 Å². The lowest BCUT2D eigenvalue weighted by Crippen LogP contribution is -2.38. The van der Waals surface area contributed by atoms with Gasteiger partial charge in [-0.15, -0.1) is 0 Å². The Balaban J connectivity index is 1.95. The molecule has 1 N–H and O–H groups in total. The largest absolute Gasteiger partial charge is 0.335 e. The lowest BCUT2D eigenvalue weighted by atomic mass is 10.1. The normalized spacial score (nSPS) is 11.8. The van der Waals surface area contributed by atoms with Gasteiger partial charge in [0.25, 0.3) is 0 Å². The molecule has 122 valence electrons. The van der Waals surface area contributed by atoms with Crippen molar-refractivity contribution in [3.63, 3.8) is 0 Å². The van der Waals surface area contributed by atoms with Crippen LogP contribution in [0.4, 0.5) is 5.69 Å². The lowest BCUT2D eigenvalue weighted by molar-refractivity contribution is -0.135. The van der Waals surface area contributed by atoms with Crippen LogP contribution in [0.25, 0.3) is 0 Å². The summed E-state index contributed by atoms with van der Waals surface area (Å²) in [5.41, 5.74) is 1.87. The van der Waals surface area contributed by atoms with Gasteiger partial charge in [-0.05, 0) is 25.0 Å².